The van der Waals surface area contributed by atoms with Gasteiger partial charge in [-0.25, -0.2) is 13.1 Å². The quantitative estimate of drug-likeness (QED) is 0.686. The number of carbonyl (C=O) groups is 1. The molecule has 0 aliphatic carbocycles. The van der Waals surface area contributed by atoms with E-state index in [1.165, 1.54) is 0 Å². The van der Waals surface area contributed by atoms with Crippen LogP contribution in [0, 0.1) is 0 Å². The van der Waals surface area contributed by atoms with Crippen molar-refractivity contribution in [2.24, 2.45) is 0 Å². The van der Waals surface area contributed by atoms with Crippen molar-refractivity contribution in [3.63, 3.8) is 0 Å². The number of ether oxygens (including phenoxy) is 1. The maximum atomic E-state index is 12.3. The van der Waals surface area contributed by atoms with E-state index in [0.29, 0.717) is 12.8 Å². The number of carbonyl (C=O) groups excluding carboxylic acids is 1. The molecule has 0 heterocycles. The Kier molecular flexibility index (Phi) is 7.43. The first-order chi connectivity index (χ1) is 13.5. The molecule has 0 spiro atoms. The lowest BCUT2D eigenvalue weighted by Gasteiger charge is -2.20. The molecule has 2 aromatic carbocycles. The van der Waals surface area contributed by atoms with Crippen molar-refractivity contribution in [3.05, 3.63) is 59.7 Å². The topological polar surface area (TPSA) is 84.5 Å². The van der Waals surface area contributed by atoms with Gasteiger partial charge in [-0.1, -0.05) is 30.3 Å². The number of nitrogens with one attached hydrogen (secondary N) is 2. The minimum Gasteiger partial charge on any atom is -0.496 e. The molecule has 0 fully saturated rings. The molecule has 6 nitrogen and oxygen atoms in total. The first-order valence-electron chi connectivity index (χ1n) is 9.57. The van der Waals surface area contributed by atoms with Crippen LogP contribution in [0.2, 0.25) is 0 Å². The number of para-hydroxylation sites is 1. The monoisotopic (exact) mass is 418 g/mol. The van der Waals surface area contributed by atoms with E-state index in [1.807, 2.05) is 31.2 Å². The zero-order valence-corrected chi connectivity index (χ0v) is 18.5. The largest absolute Gasteiger partial charge is 0.496 e. The van der Waals surface area contributed by atoms with Crippen molar-refractivity contribution in [2.45, 2.75) is 57.0 Å². The second-order valence-corrected chi connectivity index (χ2v) is 9.71. The van der Waals surface area contributed by atoms with Crippen molar-refractivity contribution in [1.29, 1.82) is 0 Å². The molecule has 0 saturated carbocycles. The molecule has 2 N–H and O–H groups in total. The van der Waals surface area contributed by atoms with Crippen LogP contribution in [0.3, 0.4) is 0 Å². The molecule has 0 aromatic heterocycles. The molecule has 158 valence electrons. The summed E-state index contributed by atoms with van der Waals surface area (Å²) < 4.78 is 32.7. The lowest BCUT2D eigenvalue weighted by molar-refractivity contribution is -0.121. The van der Waals surface area contributed by atoms with Crippen molar-refractivity contribution >= 4 is 15.9 Å². The van der Waals surface area contributed by atoms with Crippen LogP contribution in [-0.4, -0.2) is 27.0 Å². The van der Waals surface area contributed by atoms with E-state index in [9.17, 15) is 13.2 Å². The predicted molar refractivity (Wildman–Crippen MR) is 114 cm³/mol. The van der Waals surface area contributed by atoms with Gasteiger partial charge < -0.3 is 10.1 Å². The van der Waals surface area contributed by atoms with Gasteiger partial charge in [0.15, 0.2) is 0 Å². The Morgan fingerprint density at radius 1 is 1.07 bits per heavy atom. The molecule has 29 heavy (non-hydrogen) atoms. The van der Waals surface area contributed by atoms with Crippen LogP contribution >= 0.6 is 0 Å². The van der Waals surface area contributed by atoms with Crippen LogP contribution in [0.5, 0.6) is 5.75 Å². The molecule has 0 bridgehead atoms. The van der Waals surface area contributed by atoms with Gasteiger partial charge in [0.25, 0.3) is 0 Å². The van der Waals surface area contributed by atoms with E-state index >= 15 is 0 Å². The van der Waals surface area contributed by atoms with Gasteiger partial charge in [-0.2, -0.15) is 0 Å². The van der Waals surface area contributed by atoms with Gasteiger partial charge in [0.1, 0.15) is 5.75 Å². The van der Waals surface area contributed by atoms with Crippen LogP contribution in [-0.2, 0) is 21.2 Å². The van der Waals surface area contributed by atoms with Crippen LogP contribution < -0.4 is 14.8 Å². The van der Waals surface area contributed by atoms with E-state index in [-0.39, 0.29) is 16.8 Å². The number of hydrogen-bond donors (Lipinski definition) is 2. The Morgan fingerprint density at radius 3 is 2.28 bits per heavy atom. The summed E-state index contributed by atoms with van der Waals surface area (Å²) in [5.41, 5.74) is 1.28. The Labute approximate surface area is 173 Å². The average molecular weight is 419 g/mol. The number of amides is 1. The Morgan fingerprint density at radius 2 is 1.69 bits per heavy atom. The summed E-state index contributed by atoms with van der Waals surface area (Å²) in [4.78, 5) is 12.5. The third-order valence-corrected chi connectivity index (χ3v) is 6.07. The minimum absolute atomic E-state index is 0.0745. The molecule has 0 unspecified atom stereocenters. The normalized spacial score (nSPS) is 13.0. The second-order valence-electron chi connectivity index (χ2n) is 8.03. The smallest absolute Gasteiger partial charge is 0.241 e. The SMILES string of the molecule is COc1ccccc1[C@@H](C)NC(=O)CCc1ccc(S(=O)(=O)NC(C)(C)C)cc1. The van der Waals surface area contributed by atoms with E-state index in [4.69, 9.17) is 4.74 Å². The average Bonchev–Trinajstić information content (AvgIpc) is 2.64. The van der Waals surface area contributed by atoms with E-state index in [0.717, 1.165) is 16.9 Å². The van der Waals surface area contributed by atoms with Gasteiger partial charge >= 0.3 is 0 Å². The molecule has 7 heteroatoms. The number of sulfonamides is 1. The van der Waals surface area contributed by atoms with E-state index < -0.39 is 15.6 Å². The molecule has 0 aliphatic heterocycles. The fraction of sp³-hybridized carbons (Fsp3) is 0.409. The predicted octanol–water partition coefficient (Wildman–Crippen LogP) is 3.58. The molecule has 0 saturated heterocycles. The maximum Gasteiger partial charge on any atom is 0.241 e. The molecule has 0 radical (unpaired) electrons. The van der Waals surface area contributed by atoms with Crippen LogP contribution in [0.1, 0.15) is 51.3 Å². The molecule has 2 rings (SSSR count). The summed E-state index contributed by atoms with van der Waals surface area (Å²) in [6.45, 7) is 7.30. The van der Waals surface area contributed by atoms with E-state index in [2.05, 4.69) is 10.0 Å². The van der Waals surface area contributed by atoms with Crippen molar-refractivity contribution < 1.29 is 17.9 Å². The summed E-state index contributed by atoms with van der Waals surface area (Å²) in [6.07, 6.45) is 0.837. The Balaban J connectivity index is 1.94. The molecular formula is C22H30N2O4S. The van der Waals surface area contributed by atoms with Gasteiger partial charge in [0, 0.05) is 17.5 Å². The highest BCUT2D eigenvalue weighted by atomic mass is 32.2. The lowest BCUT2D eigenvalue weighted by Crippen LogP contribution is -2.40. The van der Waals surface area contributed by atoms with Crippen molar-refractivity contribution in [1.82, 2.24) is 10.0 Å². The van der Waals surface area contributed by atoms with Gasteiger partial charge in [0.2, 0.25) is 15.9 Å². The fourth-order valence-corrected chi connectivity index (χ4v) is 4.39. The maximum absolute atomic E-state index is 12.3. The summed E-state index contributed by atoms with van der Waals surface area (Å²) >= 11 is 0. The number of aryl methyl sites for hydroxylation is 1. The number of methoxy groups -OCH3 is 1. The summed E-state index contributed by atoms with van der Waals surface area (Å²) in [5.74, 6) is 0.662. The zero-order valence-electron chi connectivity index (χ0n) is 17.7. The Bertz CT molecular complexity index is 932. The Hall–Kier alpha value is -2.38. The molecule has 1 amide bonds. The van der Waals surface area contributed by atoms with Gasteiger partial charge in [0.05, 0.1) is 18.0 Å². The lowest BCUT2D eigenvalue weighted by atomic mass is 10.1. The third kappa shape index (κ3) is 6.87. The molecular weight excluding hydrogens is 388 g/mol. The fourth-order valence-electron chi connectivity index (χ4n) is 2.97. The zero-order chi connectivity index (χ0) is 21.7. The number of hydrogen-bond acceptors (Lipinski definition) is 4. The van der Waals surface area contributed by atoms with Crippen LogP contribution in [0.25, 0.3) is 0 Å². The number of benzene rings is 2. The first-order valence-corrected chi connectivity index (χ1v) is 11.1. The van der Waals surface area contributed by atoms with Crippen LogP contribution in [0.4, 0.5) is 0 Å². The summed E-state index contributed by atoms with van der Waals surface area (Å²) in [7, 11) is -1.95. The van der Waals surface area contributed by atoms with Crippen molar-refractivity contribution in [3.8, 4) is 5.75 Å². The molecule has 2 aromatic rings. The summed E-state index contributed by atoms with van der Waals surface area (Å²) in [6, 6.07) is 14.0. The molecule has 0 aliphatic rings. The van der Waals surface area contributed by atoms with Crippen LogP contribution in [0.15, 0.2) is 53.4 Å². The van der Waals surface area contributed by atoms with Gasteiger partial charge in [-0.05, 0) is 57.9 Å². The third-order valence-electron chi connectivity index (χ3n) is 4.30. The number of rotatable bonds is 8. The minimum atomic E-state index is -3.56. The molecule has 1 atom stereocenters. The highest BCUT2D eigenvalue weighted by Crippen LogP contribution is 2.24. The van der Waals surface area contributed by atoms with Crippen molar-refractivity contribution in [2.75, 3.05) is 7.11 Å². The van der Waals surface area contributed by atoms with Gasteiger partial charge in [-0.15, -0.1) is 0 Å². The van der Waals surface area contributed by atoms with E-state index in [1.54, 1.807) is 52.1 Å². The second kappa shape index (κ2) is 9.41. The summed E-state index contributed by atoms with van der Waals surface area (Å²) in [5, 5.41) is 2.98. The highest BCUT2D eigenvalue weighted by molar-refractivity contribution is 7.89. The van der Waals surface area contributed by atoms with Gasteiger partial charge in [-0.3, -0.25) is 4.79 Å². The standard InChI is InChI=1S/C22H30N2O4S/c1-16(19-8-6-7-9-20(19)28-5)23-21(25)15-12-17-10-13-18(14-11-17)29(26,27)24-22(2,3)4/h6-11,13-14,16,24H,12,15H2,1-5H3,(H,23,25)/t16-/m1/s1. The highest BCUT2D eigenvalue weighted by Gasteiger charge is 2.21. The first kappa shape index (κ1) is 22.9.